The van der Waals surface area contributed by atoms with Gasteiger partial charge in [0.15, 0.2) is 5.76 Å². The summed E-state index contributed by atoms with van der Waals surface area (Å²) in [4.78, 5) is 29.6. The molecule has 0 spiro atoms. The van der Waals surface area contributed by atoms with Gasteiger partial charge in [0.1, 0.15) is 11.6 Å². The molecule has 5 rings (SSSR count). The zero-order valence-electron chi connectivity index (χ0n) is 24.1. The third kappa shape index (κ3) is 6.06. The zero-order valence-corrected chi connectivity index (χ0v) is 24.9. The third-order valence-electron chi connectivity index (χ3n) is 7.24. The van der Waals surface area contributed by atoms with E-state index in [1.807, 2.05) is 49.4 Å². The smallest absolute Gasteiger partial charge is 0.329 e. The van der Waals surface area contributed by atoms with Crippen molar-refractivity contribution in [1.82, 2.24) is 4.98 Å². The molecule has 0 saturated carbocycles. The Morgan fingerprint density at radius 2 is 1.56 bits per heavy atom. The van der Waals surface area contributed by atoms with Crippen LogP contribution in [0.5, 0.6) is 0 Å². The first-order valence-corrected chi connectivity index (χ1v) is 14.6. The first-order valence-electron chi connectivity index (χ1n) is 13.6. The molecule has 2 aromatic heterocycles. The summed E-state index contributed by atoms with van der Waals surface area (Å²) in [6.07, 6.45) is 3.46. The summed E-state index contributed by atoms with van der Waals surface area (Å²) in [5, 5.41) is 3.79. The van der Waals surface area contributed by atoms with Gasteiger partial charge in [0.2, 0.25) is 0 Å². The van der Waals surface area contributed by atoms with E-state index in [0.717, 1.165) is 37.5 Å². The minimum absolute atomic E-state index is 0.239. The fraction of sp³-hybridized carbons (Fsp3) is 0.182. The monoisotopic (exact) mass is 596 g/mol. The second-order valence-corrected chi connectivity index (χ2v) is 11.1. The van der Waals surface area contributed by atoms with Crippen LogP contribution in [0, 0.1) is 12.8 Å². The number of ether oxygens (including phenoxy) is 1. The van der Waals surface area contributed by atoms with Gasteiger partial charge >= 0.3 is 5.97 Å². The molecule has 1 amide bonds. The van der Waals surface area contributed by atoms with Crippen molar-refractivity contribution in [3.63, 3.8) is 0 Å². The molecule has 5 aromatic rings. The van der Waals surface area contributed by atoms with E-state index in [0.29, 0.717) is 17.0 Å². The van der Waals surface area contributed by atoms with Crippen LogP contribution >= 0.6 is 0 Å². The average Bonchev–Trinajstić information content (AvgIpc) is 3.36. The van der Waals surface area contributed by atoms with Gasteiger partial charge in [0, 0.05) is 46.0 Å². The second-order valence-electron chi connectivity index (χ2n) is 10.3. The van der Waals surface area contributed by atoms with Crippen LogP contribution in [0.4, 0.5) is 11.4 Å². The second kappa shape index (κ2) is 12.6. The maximum Gasteiger partial charge on any atom is 0.329 e. The van der Waals surface area contributed by atoms with E-state index in [2.05, 4.69) is 10.3 Å². The number of aryl methyl sites for hydroxylation is 1. The number of hydrogen-bond donors (Lipinski definition) is 1. The third-order valence-corrected chi connectivity index (χ3v) is 8.00. The number of esters is 1. The fourth-order valence-corrected chi connectivity index (χ4v) is 5.93. The molecule has 0 saturated heterocycles. The first kappa shape index (κ1) is 29.7. The van der Waals surface area contributed by atoms with Crippen LogP contribution < -0.4 is 9.62 Å². The summed E-state index contributed by atoms with van der Waals surface area (Å²) in [6, 6.07) is 22.7. The predicted molar refractivity (Wildman–Crippen MR) is 166 cm³/mol. The number of nitrogens with one attached hydrogen (secondary N) is 1. The number of furan rings is 1. The summed E-state index contributed by atoms with van der Waals surface area (Å²) in [6.45, 7) is 5.38. The molecule has 0 aliphatic rings. The lowest BCUT2D eigenvalue weighted by molar-refractivity contribution is -0.142. The molecule has 0 radical (unpaired) electrons. The van der Waals surface area contributed by atoms with Gasteiger partial charge in [0.05, 0.1) is 7.11 Å². The molecule has 9 nitrogen and oxygen atoms in total. The molecule has 1 N–H and O–H groups in total. The highest BCUT2D eigenvalue weighted by Crippen LogP contribution is 2.35. The van der Waals surface area contributed by atoms with Crippen molar-refractivity contribution in [3.8, 4) is 22.3 Å². The van der Waals surface area contributed by atoms with Crippen molar-refractivity contribution in [2.45, 2.75) is 26.8 Å². The van der Waals surface area contributed by atoms with E-state index in [9.17, 15) is 18.4 Å². The van der Waals surface area contributed by atoms with E-state index in [4.69, 9.17) is 9.15 Å². The van der Waals surface area contributed by atoms with Crippen LogP contribution in [-0.2, 0) is 20.8 Å². The maximum absolute atomic E-state index is 13.2. The van der Waals surface area contributed by atoms with Crippen LogP contribution in [0.3, 0.4) is 0 Å². The van der Waals surface area contributed by atoms with Crippen molar-refractivity contribution in [1.29, 1.82) is 0 Å². The van der Waals surface area contributed by atoms with E-state index < -0.39 is 23.3 Å². The van der Waals surface area contributed by atoms with Crippen molar-refractivity contribution in [2.24, 2.45) is 5.92 Å². The number of rotatable bonds is 9. The van der Waals surface area contributed by atoms with Crippen molar-refractivity contribution < 1.29 is 27.5 Å². The number of amides is 1. The number of methoxy groups -OCH3 is 1. The molecule has 220 valence electrons. The molecule has 2 atom stereocenters. The molecule has 0 aliphatic carbocycles. The number of carbonyl (C=O) groups excluding carboxylic acids is 2. The van der Waals surface area contributed by atoms with E-state index in [1.165, 1.54) is 7.11 Å². The lowest BCUT2D eigenvalue weighted by Crippen LogP contribution is -2.46. The Morgan fingerprint density at radius 1 is 0.930 bits per heavy atom. The maximum atomic E-state index is 13.2. The number of hydrogen-bond acceptors (Lipinski definition) is 7. The summed E-state index contributed by atoms with van der Waals surface area (Å²) in [7, 11) is 1.23. The Balaban J connectivity index is 1.34. The van der Waals surface area contributed by atoms with Crippen molar-refractivity contribution in [2.75, 3.05) is 16.7 Å². The molecule has 43 heavy (non-hydrogen) atoms. The van der Waals surface area contributed by atoms with Gasteiger partial charge in [-0.05, 0) is 77.6 Å². The van der Waals surface area contributed by atoms with E-state index >= 15 is 0 Å². The van der Waals surface area contributed by atoms with Crippen molar-refractivity contribution >= 4 is 45.5 Å². The molecule has 0 aliphatic heterocycles. The number of anilines is 2. The number of fused-ring (bicyclic) bond motifs is 1. The summed E-state index contributed by atoms with van der Waals surface area (Å²) < 4.78 is 36.0. The topological polar surface area (TPSA) is 125 Å². The van der Waals surface area contributed by atoms with Crippen molar-refractivity contribution in [3.05, 3.63) is 103 Å². The van der Waals surface area contributed by atoms with E-state index in [-0.39, 0.29) is 17.6 Å². The molecule has 0 bridgehead atoms. The molecule has 0 fully saturated rings. The van der Waals surface area contributed by atoms with Gasteiger partial charge in [-0.3, -0.25) is 18.3 Å². The standard InChI is InChI=1S/C33H31N3O6S/c1-20(2)30(33(38)41-4)36(43(39)40)26-14-10-23(11-15-26)22-8-12-25(13-9-22)35-32(37)31-21(3)29-27(6-5-7-28(29)42-31)24-16-18-34-19-17-24/h5-20,30H,1-4H3,(H,35,37)(H,39,40)/p-1. The van der Waals surface area contributed by atoms with Crippen LogP contribution in [0.1, 0.15) is 30.0 Å². The Bertz CT molecular complexity index is 1780. The van der Waals surface area contributed by atoms with Gasteiger partial charge in [0.25, 0.3) is 5.91 Å². The highest BCUT2D eigenvalue weighted by atomic mass is 32.2. The Morgan fingerprint density at radius 3 is 2.14 bits per heavy atom. The number of nitrogens with zero attached hydrogens (tertiary/aromatic N) is 2. The molecule has 2 unspecified atom stereocenters. The van der Waals surface area contributed by atoms with Crippen LogP contribution in [0.25, 0.3) is 33.2 Å². The van der Waals surface area contributed by atoms with Crippen LogP contribution in [0.15, 0.2) is 95.7 Å². The lowest BCUT2D eigenvalue weighted by Gasteiger charge is -2.35. The Hall–Kier alpha value is -4.80. The molecule has 10 heteroatoms. The number of aromatic nitrogens is 1. The SMILES string of the molecule is COC(=O)C(C(C)C)N(c1ccc(-c2ccc(NC(=O)c3oc4cccc(-c5ccncc5)c4c3C)cc2)cc1)S(=O)[O-]. The van der Waals surface area contributed by atoms with Gasteiger partial charge in [-0.25, -0.2) is 4.79 Å². The van der Waals surface area contributed by atoms with Crippen LogP contribution in [0.2, 0.25) is 0 Å². The largest absolute Gasteiger partial charge is 0.755 e. The molecular weight excluding hydrogens is 566 g/mol. The highest BCUT2D eigenvalue weighted by molar-refractivity contribution is 7.80. The molecule has 2 heterocycles. The van der Waals surface area contributed by atoms with Gasteiger partial charge < -0.3 is 19.0 Å². The number of benzene rings is 3. The fourth-order valence-electron chi connectivity index (χ4n) is 5.13. The quantitative estimate of drug-likeness (QED) is 0.152. The zero-order chi connectivity index (χ0) is 30.7. The van der Waals surface area contributed by atoms with Gasteiger partial charge in [-0.2, -0.15) is 0 Å². The highest BCUT2D eigenvalue weighted by Gasteiger charge is 2.31. The minimum Gasteiger partial charge on any atom is -0.755 e. The minimum atomic E-state index is -2.69. The number of pyridine rings is 1. The molecular formula is C33H30N3O6S-. The predicted octanol–water partition coefficient (Wildman–Crippen LogP) is 6.52. The Labute approximate surface area is 251 Å². The van der Waals surface area contributed by atoms with Gasteiger partial charge in [-0.15, -0.1) is 0 Å². The lowest BCUT2D eigenvalue weighted by atomic mass is 10.00. The molecule has 3 aromatic carbocycles. The average molecular weight is 597 g/mol. The Kier molecular flexibility index (Phi) is 8.70. The summed E-state index contributed by atoms with van der Waals surface area (Å²) in [5.74, 6) is -1.06. The first-order chi connectivity index (χ1) is 20.7. The normalized spacial score (nSPS) is 12.6. The van der Waals surface area contributed by atoms with E-state index in [1.54, 1.807) is 62.6 Å². The number of carbonyl (C=O) groups is 2. The van der Waals surface area contributed by atoms with Crippen LogP contribution in [-0.4, -0.2) is 38.8 Å². The summed E-state index contributed by atoms with van der Waals surface area (Å²) >= 11 is -2.69. The van der Waals surface area contributed by atoms with Gasteiger partial charge in [-0.1, -0.05) is 50.2 Å². The summed E-state index contributed by atoms with van der Waals surface area (Å²) in [5.41, 5.74) is 5.94.